The Morgan fingerprint density at radius 3 is 2.00 bits per heavy atom. The van der Waals surface area contributed by atoms with E-state index < -0.39 is 11.6 Å². The van der Waals surface area contributed by atoms with Crippen LogP contribution in [0.2, 0.25) is 0 Å². The molecule has 0 atom stereocenters. The van der Waals surface area contributed by atoms with E-state index in [1.165, 1.54) is 32.4 Å². The van der Waals surface area contributed by atoms with Gasteiger partial charge in [0.05, 0.1) is 19.8 Å². The average Bonchev–Trinajstić information content (AvgIpc) is 2.44. The standard InChI is InChI=1S/C15H12F2O3/c1-19-14-6-9(3-11(8-18)15(14)20-2)10-4-12(16)7-13(17)5-10/h3-8H,1-2H3. The first-order valence-electron chi connectivity index (χ1n) is 5.76. The zero-order chi connectivity index (χ0) is 14.7. The minimum Gasteiger partial charge on any atom is -0.493 e. The van der Waals surface area contributed by atoms with Crippen molar-refractivity contribution >= 4 is 6.29 Å². The highest BCUT2D eigenvalue weighted by Crippen LogP contribution is 2.35. The molecule has 0 saturated carbocycles. The van der Waals surface area contributed by atoms with Crippen molar-refractivity contribution in [1.82, 2.24) is 0 Å². The number of benzene rings is 2. The van der Waals surface area contributed by atoms with Crippen molar-refractivity contribution in [3.8, 4) is 22.6 Å². The van der Waals surface area contributed by atoms with Gasteiger partial charge in [-0.1, -0.05) is 0 Å². The van der Waals surface area contributed by atoms with E-state index in [2.05, 4.69) is 0 Å². The smallest absolute Gasteiger partial charge is 0.171 e. The Balaban J connectivity index is 2.65. The summed E-state index contributed by atoms with van der Waals surface area (Å²) in [6.07, 6.45) is 0.598. The van der Waals surface area contributed by atoms with E-state index in [0.717, 1.165) is 6.07 Å². The number of rotatable bonds is 4. The second-order valence-corrected chi connectivity index (χ2v) is 4.08. The van der Waals surface area contributed by atoms with E-state index in [9.17, 15) is 13.6 Å². The normalized spacial score (nSPS) is 10.2. The molecule has 20 heavy (non-hydrogen) atoms. The van der Waals surface area contributed by atoms with Crippen molar-refractivity contribution in [3.63, 3.8) is 0 Å². The molecule has 0 aliphatic rings. The van der Waals surface area contributed by atoms with Crippen LogP contribution in [-0.4, -0.2) is 20.5 Å². The largest absolute Gasteiger partial charge is 0.493 e. The molecule has 3 nitrogen and oxygen atoms in total. The number of aldehydes is 1. The average molecular weight is 278 g/mol. The molecule has 0 bridgehead atoms. The van der Waals surface area contributed by atoms with Crippen LogP contribution >= 0.6 is 0 Å². The SMILES string of the molecule is COc1cc(-c2cc(F)cc(F)c2)cc(C=O)c1OC. The van der Waals surface area contributed by atoms with Gasteiger partial charge in [-0.3, -0.25) is 4.79 Å². The lowest BCUT2D eigenvalue weighted by Gasteiger charge is -2.12. The van der Waals surface area contributed by atoms with E-state index >= 15 is 0 Å². The van der Waals surface area contributed by atoms with Crippen LogP contribution in [0.25, 0.3) is 11.1 Å². The molecule has 0 unspecified atom stereocenters. The van der Waals surface area contributed by atoms with E-state index in [4.69, 9.17) is 9.47 Å². The molecule has 0 aliphatic carbocycles. The predicted molar refractivity (Wildman–Crippen MR) is 70.3 cm³/mol. The molecule has 0 aromatic heterocycles. The Bertz CT molecular complexity index is 634. The summed E-state index contributed by atoms with van der Waals surface area (Å²) in [5.74, 6) is -0.787. The Hall–Kier alpha value is -2.43. The fraction of sp³-hybridized carbons (Fsp3) is 0.133. The zero-order valence-corrected chi connectivity index (χ0v) is 10.9. The number of halogens is 2. The van der Waals surface area contributed by atoms with Crippen molar-refractivity contribution in [1.29, 1.82) is 0 Å². The minimum atomic E-state index is -0.692. The maximum atomic E-state index is 13.3. The minimum absolute atomic E-state index is 0.242. The Morgan fingerprint density at radius 2 is 1.50 bits per heavy atom. The molecular formula is C15H12F2O3. The molecule has 2 aromatic carbocycles. The van der Waals surface area contributed by atoms with Crippen LogP contribution < -0.4 is 9.47 Å². The van der Waals surface area contributed by atoms with Gasteiger partial charge in [-0.15, -0.1) is 0 Å². The van der Waals surface area contributed by atoms with Gasteiger partial charge in [-0.2, -0.15) is 0 Å². The van der Waals surface area contributed by atoms with Crippen LogP contribution in [0.5, 0.6) is 11.5 Å². The molecule has 0 fully saturated rings. The molecule has 0 radical (unpaired) electrons. The number of hydrogen-bond donors (Lipinski definition) is 0. The Morgan fingerprint density at radius 1 is 0.900 bits per heavy atom. The zero-order valence-electron chi connectivity index (χ0n) is 10.9. The van der Waals surface area contributed by atoms with Crippen LogP contribution in [0, 0.1) is 11.6 Å². The van der Waals surface area contributed by atoms with Gasteiger partial charge in [0.25, 0.3) is 0 Å². The monoisotopic (exact) mass is 278 g/mol. The molecule has 0 N–H and O–H groups in total. The van der Waals surface area contributed by atoms with E-state index in [1.54, 1.807) is 6.07 Å². The van der Waals surface area contributed by atoms with Crippen LogP contribution in [0.4, 0.5) is 8.78 Å². The van der Waals surface area contributed by atoms with Gasteiger partial charge < -0.3 is 9.47 Å². The number of carbonyl (C=O) groups is 1. The van der Waals surface area contributed by atoms with Crippen molar-refractivity contribution < 1.29 is 23.0 Å². The summed E-state index contributed by atoms with van der Waals surface area (Å²) in [4.78, 5) is 11.1. The first-order valence-corrected chi connectivity index (χ1v) is 5.76. The summed E-state index contributed by atoms with van der Waals surface area (Å²) in [6, 6.07) is 6.19. The quantitative estimate of drug-likeness (QED) is 0.803. The highest BCUT2D eigenvalue weighted by molar-refractivity contribution is 5.85. The maximum Gasteiger partial charge on any atom is 0.171 e. The number of methoxy groups -OCH3 is 2. The van der Waals surface area contributed by atoms with Gasteiger partial charge in [-0.05, 0) is 35.4 Å². The molecule has 0 spiro atoms. The van der Waals surface area contributed by atoms with Gasteiger partial charge in [0.15, 0.2) is 17.8 Å². The lowest BCUT2D eigenvalue weighted by atomic mass is 10.0. The van der Waals surface area contributed by atoms with Gasteiger partial charge >= 0.3 is 0 Å². The molecule has 2 aromatic rings. The summed E-state index contributed by atoms with van der Waals surface area (Å²) in [6.45, 7) is 0. The molecule has 0 amide bonds. The number of hydrogen-bond acceptors (Lipinski definition) is 3. The summed E-state index contributed by atoms with van der Waals surface area (Å²) in [5.41, 5.74) is 1.02. The third-order valence-electron chi connectivity index (χ3n) is 2.83. The van der Waals surface area contributed by atoms with Crippen LogP contribution in [-0.2, 0) is 0 Å². The van der Waals surface area contributed by atoms with Crippen LogP contribution in [0.15, 0.2) is 30.3 Å². The lowest BCUT2D eigenvalue weighted by molar-refractivity contribution is 0.112. The highest BCUT2D eigenvalue weighted by atomic mass is 19.1. The summed E-state index contributed by atoms with van der Waals surface area (Å²) < 4.78 is 36.7. The van der Waals surface area contributed by atoms with Gasteiger partial charge in [0, 0.05) is 6.07 Å². The van der Waals surface area contributed by atoms with Gasteiger partial charge in [0.1, 0.15) is 11.6 Å². The van der Waals surface area contributed by atoms with E-state index in [1.807, 2.05) is 0 Å². The third-order valence-corrected chi connectivity index (χ3v) is 2.83. The molecule has 104 valence electrons. The molecule has 0 saturated heterocycles. The summed E-state index contributed by atoms with van der Waals surface area (Å²) in [5, 5.41) is 0. The van der Waals surface area contributed by atoms with Crippen molar-refractivity contribution in [2.45, 2.75) is 0 Å². The third kappa shape index (κ3) is 2.61. The van der Waals surface area contributed by atoms with E-state index in [0.29, 0.717) is 23.2 Å². The van der Waals surface area contributed by atoms with Crippen LogP contribution in [0.1, 0.15) is 10.4 Å². The van der Waals surface area contributed by atoms with Crippen molar-refractivity contribution in [3.05, 3.63) is 47.5 Å². The highest BCUT2D eigenvalue weighted by Gasteiger charge is 2.13. The molecule has 2 rings (SSSR count). The van der Waals surface area contributed by atoms with Crippen LogP contribution in [0.3, 0.4) is 0 Å². The summed E-state index contributed by atoms with van der Waals surface area (Å²) >= 11 is 0. The molecule has 0 aliphatic heterocycles. The van der Waals surface area contributed by atoms with Gasteiger partial charge in [-0.25, -0.2) is 8.78 Å². The van der Waals surface area contributed by atoms with Gasteiger partial charge in [0.2, 0.25) is 0 Å². The number of carbonyl (C=O) groups excluding carboxylic acids is 1. The van der Waals surface area contributed by atoms with Crippen molar-refractivity contribution in [2.75, 3.05) is 14.2 Å². The second kappa shape index (κ2) is 5.69. The molecular weight excluding hydrogens is 266 g/mol. The van der Waals surface area contributed by atoms with Crippen molar-refractivity contribution in [2.24, 2.45) is 0 Å². The maximum absolute atomic E-state index is 13.3. The lowest BCUT2D eigenvalue weighted by Crippen LogP contribution is -1.96. The fourth-order valence-electron chi connectivity index (χ4n) is 1.97. The Kier molecular flexibility index (Phi) is 3.98. The molecule has 0 heterocycles. The first-order chi connectivity index (χ1) is 9.58. The van der Waals surface area contributed by atoms with E-state index in [-0.39, 0.29) is 11.3 Å². The topological polar surface area (TPSA) is 35.5 Å². The fourth-order valence-corrected chi connectivity index (χ4v) is 1.97. The Labute approximate surface area is 114 Å². The first kappa shape index (κ1) is 14.0. The second-order valence-electron chi connectivity index (χ2n) is 4.08. The summed E-state index contributed by atoms with van der Waals surface area (Å²) in [7, 11) is 2.83. The predicted octanol–water partition coefficient (Wildman–Crippen LogP) is 3.46. The molecule has 5 heteroatoms. The number of ether oxygens (including phenoxy) is 2.